The molecule has 0 amide bonds. The molecule has 4 heteroatoms. The van der Waals surface area contributed by atoms with Crippen molar-refractivity contribution in [3.63, 3.8) is 0 Å². The highest BCUT2D eigenvalue weighted by Gasteiger charge is 2.28. The third-order valence-corrected chi connectivity index (χ3v) is 3.52. The topological polar surface area (TPSA) is 20.2 Å². The summed E-state index contributed by atoms with van der Waals surface area (Å²) >= 11 is 3.32. The molecule has 2 aromatic carbocycles. The van der Waals surface area contributed by atoms with E-state index in [1.807, 2.05) is 24.3 Å². The third kappa shape index (κ3) is 3.19. The van der Waals surface area contributed by atoms with Crippen LogP contribution in [-0.4, -0.2) is 5.11 Å². The molecule has 1 N–H and O–H groups in total. The summed E-state index contributed by atoms with van der Waals surface area (Å²) in [7, 11) is 0. The van der Waals surface area contributed by atoms with Gasteiger partial charge in [-0.25, -0.2) is 8.78 Å². The average Bonchev–Trinajstić information content (AvgIpc) is 2.35. The van der Waals surface area contributed by atoms with E-state index in [2.05, 4.69) is 15.9 Å². The van der Waals surface area contributed by atoms with Crippen LogP contribution in [0.15, 0.2) is 46.9 Å². The second kappa shape index (κ2) is 5.39. The Balaban J connectivity index is 2.31. The molecule has 0 fully saturated rings. The number of aliphatic hydroxyl groups is 1. The van der Waals surface area contributed by atoms with Crippen LogP contribution in [0.5, 0.6) is 0 Å². The summed E-state index contributed by atoms with van der Waals surface area (Å²) in [4.78, 5) is 0. The molecule has 2 aromatic rings. The van der Waals surface area contributed by atoms with E-state index in [9.17, 15) is 13.9 Å². The first-order chi connectivity index (χ1) is 8.90. The average molecular weight is 327 g/mol. The van der Waals surface area contributed by atoms with Gasteiger partial charge in [-0.05, 0) is 30.7 Å². The summed E-state index contributed by atoms with van der Waals surface area (Å²) in [6.45, 7) is 1.48. The highest BCUT2D eigenvalue weighted by atomic mass is 79.9. The van der Waals surface area contributed by atoms with Gasteiger partial charge in [0.15, 0.2) is 11.6 Å². The summed E-state index contributed by atoms with van der Waals surface area (Å²) in [6, 6.07) is 11.2. The lowest BCUT2D eigenvalue weighted by Crippen LogP contribution is -2.26. The predicted molar refractivity (Wildman–Crippen MR) is 73.8 cm³/mol. The maximum absolute atomic E-state index is 13.7. The van der Waals surface area contributed by atoms with E-state index in [0.29, 0.717) is 0 Å². The summed E-state index contributed by atoms with van der Waals surface area (Å²) < 4.78 is 27.9. The van der Waals surface area contributed by atoms with E-state index in [1.54, 1.807) is 0 Å². The van der Waals surface area contributed by atoms with Crippen molar-refractivity contribution in [1.82, 2.24) is 0 Å². The summed E-state index contributed by atoms with van der Waals surface area (Å²) in [6.07, 6.45) is 0.209. The molecule has 0 radical (unpaired) electrons. The van der Waals surface area contributed by atoms with Crippen LogP contribution in [0.4, 0.5) is 8.78 Å². The van der Waals surface area contributed by atoms with E-state index < -0.39 is 17.2 Å². The molecule has 2 rings (SSSR count). The Morgan fingerprint density at radius 2 is 1.74 bits per heavy atom. The van der Waals surface area contributed by atoms with Crippen molar-refractivity contribution < 1.29 is 13.9 Å². The minimum Gasteiger partial charge on any atom is -0.385 e. The van der Waals surface area contributed by atoms with Gasteiger partial charge < -0.3 is 5.11 Å². The Hall–Kier alpha value is -1.26. The second-order valence-corrected chi connectivity index (χ2v) is 5.59. The minimum absolute atomic E-state index is 0.0320. The standard InChI is InChI=1S/C15H13BrF2O/c1-15(19,9-10-5-7-11(16)8-6-10)12-3-2-4-13(17)14(12)18/h2-8,19H,9H2,1H3. The summed E-state index contributed by atoms with van der Waals surface area (Å²) in [5, 5.41) is 10.4. The lowest BCUT2D eigenvalue weighted by molar-refractivity contribution is 0.0530. The predicted octanol–water partition coefficient (Wildman–Crippen LogP) is 4.18. The molecule has 100 valence electrons. The zero-order valence-electron chi connectivity index (χ0n) is 10.3. The molecule has 0 aromatic heterocycles. The SMILES string of the molecule is CC(O)(Cc1ccc(Br)cc1)c1cccc(F)c1F. The maximum atomic E-state index is 13.7. The van der Waals surface area contributed by atoms with Crippen LogP contribution >= 0.6 is 15.9 Å². The minimum atomic E-state index is -1.46. The van der Waals surface area contributed by atoms with E-state index in [-0.39, 0.29) is 12.0 Å². The van der Waals surface area contributed by atoms with Crippen LogP contribution in [0, 0.1) is 11.6 Å². The Bertz CT molecular complexity index is 579. The quantitative estimate of drug-likeness (QED) is 0.897. The molecular formula is C15H13BrF2O. The molecule has 0 heterocycles. The van der Waals surface area contributed by atoms with Crippen molar-refractivity contribution in [1.29, 1.82) is 0 Å². The van der Waals surface area contributed by atoms with Gasteiger partial charge in [0.25, 0.3) is 0 Å². The first kappa shape index (κ1) is 14.2. The highest BCUT2D eigenvalue weighted by Crippen LogP contribution is 2.29. The van der Waals surface area contributed by atoms with Crippen molar-refractivity contribution in [2.24, 2.45) is 0 Å². The third-order valence-electron chi connectivity index (χ3n) is 2.99. The van der Waals surface area contributed by atoms with E-state index in [1.165, 1.54) is 19.1 Å². The number of hydrogen-bond acceptors (Lipinski definition) is 1. The van der Waals surface area contributed by atoms with Crippen molar-refractivity contribution in [3.05, 3.63) is 69.7 Å². The molecule has 0 aliphatic heterocycles. The maximum Gasteiger partial charge on any atom is 0.164 e. The van der Waals surface area contributed by atoms with Crippen molar-refractivity contribution in [3.8, 4) is 0 Å². The summed E-state index contributed by atoms with van der Waals surface area (Å²) in [5.74, 6) is -1.95. The van der Waals surface area contributed by atoms with Gasteiger partial charge in [0.2, 0.25) is 0 Å². The first-order valence-electron chi connectivity index (χ1n) is 5.81. The number of halogens is 3. The van der Waals surface area contributed by atoms with Crippen LogP contribution in [0.1, 0.15) is 18.1 Å². The van der Waals surface area contributed by atoms with Gasteiger partial charge in [-0.2, -0.15) is 0 Å². The van der Waals surface area contributed by atoms with E-state index in [0.717, 1.165) is 16.1 Å². The lowest BCUT2D eigenvalue weighted by atomic mass is 9.88. The van der Waals surface area contributed by atoms with Crippen molar-refractivity contribution >= 4 is 15.9 Å². The van der Waals surface area contributed by atoms with Gasteiger partial charge >= 0.3 is 0 Å². The van der Waals surface area contributed by atoms with Gasteiger partial charge in [0, 0.05) is 16.5 Å². The largest absolute Gasteiger partial charge is 0.385 e. The molecule has 0 aliphatic rings. The molecule has 19 heavy (non-hydrogen) atoms. The van der Waals surface area contributed by atoms with Gasteiger partial charge in [-0.15, -0.1) is 0 Å². The zero-order valence-corrected chi connectivity index (χ0v) is 11.9. The first-order valence-corrected chi connectivity index (χ1v) is 6.61. The Labute approximate surface area is 119 Å². The van der Waals surface area contributed by atoms with Crippen LogP contribution in [0.3, 0.4) is 0 Å². The van der Waals surface area contributed by atoms with Gasteiger partial charge in [0.05, 0.1) is 5.60 Å². The fraction of sp³-hybridized carbons (Fsp3) is 0.200. The molecular weight excluding hydrogens is 314 g/mol. The molecule has 1 atom stereocenters. The number of rotatable bonds is 3. The monoisotopic (exact) mass is 326 g/mol. The Morgan fingerprint density at radius 3 is 2.37 bits per heavy atom. The number of hydrogen-bond donors (Lipinski definition) is 1. The van der Waals surface area contributed by atoms with Crippen LogP contribution in [-0.2, 0) is 12.0 Å². The Morgan fingerprint density at radius 1 is 1.11 bits per heavy atom. The van der Waals surface area contributed by atoms with Gasteiger partial charge in [-0.1, -0.05) is 40.2 Å². The smallest absolute Gasteiger partial charge is 0.164 e. The highest BCUT2D eigenvalue weighted by molar-refractivity contribution is 9.10. The molecule has 0 spiro atoms. The van der Waals surface area contributed by atoms with Crippen LogP contribution in [0.25, 0.3) is 0 Å². The molecule has 0 saturated carbocycles. The van der Waals surface area contributed by atoms with Crippen molar-refractivity contribution in [2.75, 3.05) is 0 Å². The van der Waals surface area contributed by atoms with E-state index >= 15 is 0 Å². The Kier molecular flexibility index (Phi) is 4.02. The van der Waals surface area contributed by atoms with Crippen LogP contribution < -0.4 is 0 Å². The fourth-order valence-electron chi connectivity index (χ4n) is 2.01. The zero-order chi connectivity index (χ0) is 14.0. The normalized spacial score (nSPS) is 14.2. The fourth-order valence-corrected chi connectivity index (χ4v) is 2.28. The van der Waals surface area contributed by atoms with Crippen LogP contribution in [0.2, 0.25) is 0 Å². The molecule has 1 unspecified atom stereocenters. The molecule has 0 bridgehead atoms. The number of benzene rings is 2. The molecule has 0 saturated heterocycles. The van der Waals surface area contributed by atoms with Gasteiger partial charge in [-0.3, -0.25) is 0 Å². The van der Waals surface area contributed by atoms with Crippen molar-refractivity contribution in [2.45, 2.75) is 18.9 Å². The summed E-state index contributed by atoms with van der Waals surface area (Å²) in [5.41, 5.74) is -0.646. The molecule has 0 aliphatic carbocycles. The lowest BCUT2D eigenvalue weighted by Gasteiger charge is -2.24. The van der Waals surface area contributed by atoms with Gasteiger partial charge in [0.1, 0.15) is 0 Å². The van der Waals surface area contributed by atoms with E-state index in [4.69, 9.17) is 0 Å². The second-order valence-electron chi connectivity index (χ2n) is 4.68. The molecule has 1 nitrogen and oxygen atoms in total.